The third-order valence-electron chi connectivity index (χ3n) is 2.63. The van der Waals surface area contributed by atoms with Gasteiger partial charge in [0.25, 0.3) is 0 Å². The standard InChI is InChI=1S/C11H18O/c1-9(2)11(8-12)7-10-5-3-4-6-10/h7-10H,3-6H2,1-2H3. The third-order valence-corrected chi connectivity index (χ3v) is 2.63. The van der Waals surface area contributed by atoms with E-state index in [0.29, 0.717) is 11.8 Å². The van der Waals surface area contributed by atoms with E-state index in [2.05, 4.69) is 19.9 Å². The molecular weight excluding hydrogens is 148 g/mol. The molecule has 0 aromatic rings. The Kier molecular flexibility index (Phi) is 3.51. The lowest BCUT2D eigenvalue weighted by Crippen LogP contribution is -1.99. The molecule has 0 aliphatic heterocycles. The van der Waals surface area contributed by atoms with Crippen LogP contribution in [0.3, 0.4) is 0 Å². The number of hydrogen-bond donors (Lipinski definition) is 0. The first kappa shape index (κ1) is 9.50. The Morgan fingerprint density at radius 3 is 2.33 bits per heavy atom. The summed E-state index contributed by atoms with van der Waals surface area (Å²) in [6.45, 7) is 4.16. The lowest BCUT2D eigenvalue weighted by molar-refractivity contribution is -0.105. The molecule has 0 bridgehead atoms. The van der Waals surface area contributed by atoms with Crippen molar-refractivity contribution in [1.29, 1.82) is 0 Å². The number of carbonyl (C=O) groups excluding carboxylic acids is 1. The van der Waals surface area contributed by atoms with Gasteiger partial charge in [0.2, 0.25) is 0 Å². The van der Waals surface area contributed by atoms with E-state index in [9.17, 15) is 4.79 Å². The van der Waals surface area contributed by atoms with Gasteiger partial charge in [-0.05, 0) is 30.3 Å². The Bertz CT molecular complexity index is 173. The largest absolute Gasteiger partial charge is 0.298 e. The fourth-order valence-electron chi connectivity index (χ4n) is 1.76. The topological polar surface area (TPSA) is 17.1 Å². The summed E-state index contributed by atoms with van der Waals surface area (Å²) in [4.78, 5) is 10.7. The van der Waals surface area contributed by atoms with Gasteiger partial charge in [-0.2, -0.15) is 0 Å². The summed E-state index contributed by atoms with van der Waals surface area (Å²) in [6, 6.07) is 0. The second-order valence-electron chi connectivity index (χ2n) is 3.98. The highest BCUT2D eigenvalue weighted by Gasteiger charge is 2.13. The SMILES string of the molecule is CC(C)C(C=O)=CC1CCCC1. The molecule has 12 heavy (non-hydrogen) atoms. The second kappa shape index (κ2) is 4.44. The first-order chi connectivity index (χ1) is 5.74. The number of carbonyl (C=O) groups is 1. The minimum Gasteiger partial charge on any atom is -0.298 e. The molecule has 68 valence electrons. The van der Waals surface area contributed by atoms with Crippen LogP contribution in [0.1, 0.15) is 39.5 Å². The molecule has 0 radical (unpaired) electrons. The maximum absolute atomic E-state index is 10.7. The van der Waals surface area contributed by atoms with Crippen molar-refractivity contribution in [2.24, 2.45) is 11.8 Å². The Balaban J connectivity index is 2.56. The van der Waals surface area contributed by atoms with Crippen LogP contribution in [-0.2, 0) is 4.79 Å². The van der Waals surface area contributed by atoms with Gasteiger partial charge < -0.3 is 0 Å². The Morgan fingerprint density at radius 2 is 1.92 bits per heavy atom. The Labute approximate surface area is 74.9 Å². The summed E-state index contributed by atoms with van der Waals surface area (Å²) in [5.41, 5.74) is 0.988. The molecule has 0 aromatic heterocycles. The third kappa shape index (κ3) is 2.47. The van der Waals surface area contributed by atoms with Crippen LogP contribution in [0.25, 0.3) is 0 Å². The van der Waals surface area contributed by atoms with Crippen LogP contribution in [-0.4, -0.2) is 6.29 Å². The van der Waals surface area contributed by atoms with Gasteiger partial charge in [0.05, 0.1) is 0 Å². The van der Waals surface area contributed by atoms with Gasteiger partial charge in [-0.1, -0.05) is 32.8 Å². The van der Waals surface area contributed by atoms with Gasteiger partial charge in [-0.3, -0.25) is 4.79 Å². The minimum atomic E-state index is 0.392. The van der Waals surface area contributed by atoms with Crippen molar-refractivity contribution in [3.8, 4) is 0 Å². The summed E-state index contributed by atoms with van der Waals surface area (Å²) < 4.78 is 0. The van der Waals surface area contributed by atoms with Crippen molar-refractivity contribution < 1.29 is 4.79 Å². The predicted molar refractivity (Wildman–Crippen MR) is 50.9 cm³/mol. The summed E-state index contributed by atoms with van der Waals surface area (Å²) >= 11 is 0. The first-order valence-corrected chi connectivity index (χ1v) is 4.91. The quantitative estimate of drug-likeness (QED) is 0.465. The summed E-state index contributed by atoms with van der Waals surface area (Å²) in [7, 11) is 0. The van der Waals surface area contributed by atoms with E-state index >= 15 is 0 Å². The summed E-state index contributed by atoms with van der Waals surface area (Å²) in [6.07, 6.45) is 8.44. The van der Waals surface area contributed by atoms with Gasteiger partial charge in [0.1, 0.15) is 6.29 Å². The average molecular weight is 166 g/mol. The van der Waals surface area contributed by atoms with Crippen LogP contribution in [0, 0.1) is 11.8 Å². The van der Waals surface area contributed by atoms with Crippen LogP contribution >= 0.6 is 0 Å². The monoisotopic (exact) mass is 166 g/mol. The number of allylic oxidation sites excluding steroid dienone is 2. The highest BCUT2D eigenvalue weighted by molar-refractivity contribution is 5.73. The van der Waals surface area contributed by atoms with Gasteiger partial charge in [-0.25, -0.2) is 0 Å². The van der Waals surface area contributed by atoms with Crippen molar-refractivity contribution in [2.45, 2.75) is 39.5 Å². The van der Waals surface area contributed by atoms with Crippen LogP contribution in [0.5, 0.6) is 0 Å². The highest BCUT2D eigenvalue weighted by Crippen LogP contribution is 2.27. The molecule has 1 fully saturated rings. The van der Waals surface area contributed by atoms with E-state index in [1.54, 1.807) is 0 Å². The van der Waals surface area contributed by atoms with Crippen molar-refractivity contribution in [3.05, 3.63) is 11.6 Å². The zero-order valence-corrected chi connectivity index (χ0v) is 8.05. The van der Waals surface area contributed by atoms with Crippen LogP contribution < -0.4 is 0 Å². The zero-order valence-electron chi connectivity index (χ0n) is 8.05. The number of rotatable bonds is 3. The molecule has 1 aliphatic carbocycles. The molecule has 1 heteroatoms. The molecule has 1 saturated carbocycles. The van der Waals surface area contributed by atoms with Gasteiger partial charge in [0, 0.05) is 0 Å². The van der Waals surface area contributed by atoms with E-state index < -0.39 is 0 Å². The predicted octanol–water partition coefficient (Wildman–Crippen LogP) is 2.96. The van der Waals surface area contributed by atoms with Crippen LogP contribution in [0.2, 0.25) is 0 Å². The van der Waals surface area contributed by atoms with Gasteiger partial charge >= 0.3 is 0 Å². The fraction of sp³-hybridized carbons (Fsp3) is 0.727. The minimum absolute atomic E-state index is 0.392. The van der Waals surface area contributed by atoms with E-state index in [1.807, 2.05) is 0 Å². The highest BCUT2D eigenvalue weighted by atomic mass is 16.1. The second-order valence-corrected chi connectivity index (χ2v) is 3.98. The van der Waals surface area contributed by atoms with Crippen LogP contribution in [0.4, 0.5) is 0 Å². The van der Waals surface area contributed by atoms with E-state index in [0.717, 1.165) is 11.9 Å². The van der Waals surface area contributed by atoms with Crippen molar-refractivity contribution in [3.63, 3.8) is 0 Å². The Hall–Kier alpha value is -0.590. The summed E-state index contributed by atoms with van der Waals surface area (Å²) in [5, 5.41) is 0. The fourth-order valence-corrected chi connectivity index (χ4v) is 1.76. The van der Waals surface area contributed by atoms with E-state index in [-0.39, 0.29) is 0 Å². The smallest absolute Gasteiger partial charge is 0.145 e. The molecule has 0 amide bonds. The lowest BCUT2D eigenvalue weighted by Gasteiger charge is -2.07. The number of hydrogen-bond acceptors (Lipinski definition) is 1. The maximum atomic E-state index is 10.7. The molecule has 0 saturated heterocycles. The zero-order chi connectivity index (χ0) is 8.97. The average Bonchev–Trinajstić information content (AvgIpc) is 2.51. The molecule has 1 rings (SSSR count). The normalized spacial score (nSPS) is 20.4. The molecular formula is C11H18O. The number of aldehydes is 1. The van der Waals surface area contributed by atoms with Crippen molar-refractivity contribution in [1.82, 2.24) is 0 Å². The first-order valence-electron chi connectivity index (χ1n) is 4.91. The maximum Gasteiger partial charge on any atom is 0.145 e. The Morgan fingerprint density at radius 1 is 1.33 bits per heavy atom. The van der Waals surface area contributed by atoms with Gasteiger partial charge in [0.15, 0.2) is 0 Å². The molecule has 0 atom stereocenters. The molecule has 1 nitrogen and oxygen atoms in total. The van der Waals surface area contributed by atoms with E-state index in [1.165, 1.54) is 25.7 Å². The van der Waals surface area contributed by atoms with E-state index in [4.69, 9.17) is 0 Å². The molecule has 0 aromatic carbocycles. The van der Waals surface area contributed by atoms with Crippen LogP contribution in [0.15, 0.2) is 11.6 Å². The molecule has 0 unspecified atom stereocenters. The molecule has 0 N–H and O–H groups in total. The molecule has 0 spiro atoms. The van der Waals surface area contributed by atoms with Crippen molar-refractivity contribution >= 4 is 6.29 Å². The lowest BCUT2D eigenvalue weighted by atomic mass is 9.98. The summed E-state index contributed by atoms with van der Waals surface area (Å²) in [5.74, 6) is 1.08. The molecule has 1 aliphatic rings. The molecule has 0 heterocycles. The van der Waals surface area contributed by atoms with Gasteiger partial charge in [-0.15, -0.1) is 0 Å². The van der Waals surface area contributed by atoms with Crippen molar-refractivity contribution in [2.75, 3.05) is 0 Å².